The number of carbonyl (C=O) groups is 2. The van der Waals surface area contributed by atoms with Crippen LogP contribution in [0.1, 0.15) is 48.7 Å². The van der Waals surface area contributed by atoms with Crippen molar-refractivity contribution in [3.05, 3.63) is 29.6 Å². The molecule has 2 heterocycles. The van der Waals surface area contributed by atoms with Gasteiger partial charge in [0.25, 0.3) is 5.91 Å². The Hall–Kier alpha value is -1.92. The second-order valence-corrected chi connectivity index (χ2v) is 5.69. The highest BCUT2D eigenvalue weighted by atomic mass is 19.4. The van der Waals surface area contributed by atoms with Crippen molar-refractivity contribution in [1.29, 1.82) is 0 Å². The van der Waals surface area contributed by atoms with Crippen LogP contribution in [0.15, 0.2) is 18.3 Å². The summed E-state index contributed by atoms with van der Waals surface area (Å²) < 4.78 is 39.3. The summed E-state index contributed by atoms with van der Waals surface area (Å²) in [6.07, 6.45) is -0.0625. The number of alkyl halides is 3. The lowest BCUT2D eigenvalue weighted by molar-refractivity contribution is -0.138. The predicted octanol–water partition coefficient (Wildman–Crippen LogP) is 3.32. The number of hydrogen-bond acceptors (Lipinski definition) is 3. The number of amides is 1. The summed E-state index contributed by atoms with van der Waals surface area (Å²) in [5, 5.41) is 0. The number of pyridine rings is 1. The van der Waals surface area contributed by atoms with E-state index >= 15 is 0 Å². The average molecular weight is 328 g/mol. The Morgan fingerprint density at radius 3 is 2.83 bits per heavy atom. The Kier molecular flexibility index (Phi) is 5.38. The predicted molar refractivity (Wildman–Crippen MR) is 77.8 cm³/mol. The number of piperidine rings is 1. The third-order valence-electron chi connectivity index (χ3n) is 4.17. The fourth-order valence-electron chi connectivity index (χ4n) is 3.10. The molecule has 23 heavy (non-hydrogen) atoms. The molecular weight excluding hydrogens is 309 g/mol. The molecule has 4 nitrogen and oxygen atoms in total. The fourth-order valence-corrected chi connectivity index (χ4v) is 3.10. The topological polar surface area (TPSA) is 50.3 Å². The van der Waals surface area contributed by atoms with Gasteiger partial charge in [-0.15, -0.1) is 0 Å². The number of likely N-dealkylation sites (tertiary alicyclic amines) is 1. The van der Waals surface area contributed by atoms with Crippen molar-refractivity contribution >= 4 is 12.2 Å². The smallest absolute Gasteiger partial charge is 0.334 e. The van der Waals surface area contributed by atoms with Crippen molar-refractivity contribution in [1.82, 2.24) is 9.88 Å². The molecule has 2 rings (SSSR count). The van der Waals surface area contributed by atoms with E-state index in [1.165, 1.54) is 11.1 Å². The first-order valence-electron chi connectivity index (χ1n) is 7.68. The van der Waals surface area contributed by atoms with Crippen LogP contribution in [0.25, 0.3) is 0 Å². The maximum absolute atomic E-state index is 13.1. The Morgan fingerprint density at radius 1 is 1.48 bits per heavy atom. The minimum atomic E-state index is -4.64. The minimum absolute atomic E-state index is 0.328. The van der Waals surface area contributed by atoms with E-state index in [0.29, 0.717) is 25.8 Å². The summed E-state index contributed by atoms with van der Waals surface area (Å²) in [7, 11) is 0. The molecular formula is C16H19F3N2O2. The molecule has 1 saturated heterocycles. The van der Waals surface area contributed by atoms with Gasteiger partial charge in [0.05, 0.1) is 5.56 Å². The molecule has 1 fully saturated rings. The lowest BCUT2D eigenvalue weighted by Gasteiger charge is -2.39. The summed E-state index contributed by atoms with van der Waals surface area (Å²) in [6.45, 7) is 2.27. The van der Waals surface area contributed by atoms with Crippen LogP contribution in [0.4, 0.5) is 13.2 Å². The number of carbonyl (C=O) groups excluding carboxylic acids is 2. The number of aldehydes is 1. The average Bonchev–Trinajstić information content (AvgIpc) is 2.54. The van der Waals surface area contributed by atoms with Gasteiger partial charge in [-0.3, -0.25) is 9.78 Å². The minimum Gasteiger partial charge on any atom is -0.334 e. The zero-order chi connectivity index (χ0) is 17.0. The lowest BCUT2D eigenvalue weighted by atomic mass is 9.87. The van der Waals surface area contributed by atoms with Crippen molar-refractivity contribution in [2.24, 2.45) is 5.92 Å². The maximum atomic E-state index is 13.1. The highest BCUT2D eigenvalue weighted by molar-refractivity contribution is 5.94. The van der Waals surface area contributed by atoms with Gasteiger partial charge in [0, 0.05) is 24.7 Å². The molecule has 0 bridgehead atoms. The Bertz CT molecular complexity index is 575. The van der Waals surface area contributed by atoms with Crippen LogP contribution in [0.3, 0.4) is 0 Å². The highest BCUT2D eigenvalue weighted by Gasteiger charge is 2.40. The second-order valence-electron chi connectivity index (χ2n) is 5.69. The summed E-state index contributed by atoms with van der Waals surface area (Å²) in [5.74, 6) is -1.08. The lowest BCUT2D eigenvalue weighted by Crippen LogP contribution is -2.49. The molecule has 1 aliphatic heterocycles. The van der Waals surface area contributed by atoms with E-state index in [4.69, 9.17) is 0 Å². The summed E-state index contributed by atoms with van der Waals surface area (Å²) in [4.78, 5) is 29.0. The largest absolute Gasteiger partial charge is 0.418 e. The first-order valence-corrected chi connectivity index (χ1v) is 7.68. The van der Waals surface area contributed by atoms with Gasteiger partial charge in [-0.05, 0) is 31.4 Å². The molecule has 0 saturated carbocycles. The van der Waals surface area contributed by atoms with Crippen LogP contribution in [0, 0.1) is 5.92 Å². The molecule has 0 aliphatic carbocycles. The molecule has 0 N–H and O–H groups in total. The summed E-state index contributed by atoms with van der Waals surface area (Å²) in [6, 6.07) is 1.66. The van der Waals surface area contributed by atoms with E-state index in [0.717, 1.165) is 24.8 Å². The van der Waals surface area contributed by atoms with Crippen molar-refractivity contribution in [3.63, 3.8) is 0 Å². The van der Waals surface area contributed by atoms with E-state index in [1.54, 1.807) is 0 Å². The second kappa shape index (κ2) is 7.10. The number of aromatic nitrogens is 1. The highest BCUT2D eigenvalue weighted by Crippen LogP contribution is 2.33. The quantitative estimate of drug-likeness (QED) is 0.797. The van der Waals surface area contributed by atoms with Crippen LogP contribution in [-0.2, 0) is 11.0 Å². The van der Waals surface area contributed by atoms with Crippen molar-refractivity contribution in [3.8, 4) is 0 Å². The molecule has 0 spiro atoms. The van der Waals surface area contributed by atoms with E-state index in [-0.39, 0.29) is 12.0 Å². The number of rotatable bonds is 4. The SMILES string of the molecule is CCC[C@@H]1[C@H](C=O)CCCN1C(=O)c1ncccc1C(F)(F)F. The molecule has 0 unspecified atom stereocenters. The monoisotopic (exact) mass is 328 g/mol. The maximum Gasteiger partial charge on any atom is 0.418 e. The van der Waals surface area contributed by atoms with E-state index < -0.39 is 23.3 Å². The molecule has 0 radical (unpaired) electrons. The van der Waals surface area contributed by atoms with Gasteiger partial charge in [-0.25, -0.2) is 0 Å². The number of halogens is 3. The Balaban J connectivity index is 2.37. The van der Waals surface area contributed by atoms with E-state index in [9.17, 15) is 22.8 Å². The molecule has 126 valence electrons. The van der Waals surface area contributed by atoms with E-state index in [2.05, 4.69) is 4.98 Å². The summed E-state index contributed by atoms with van der Waals surface area (Å²) in [5.41, 5.74) is -1.62. The zero-order valence-electron chi connectivity index (χ0n) is 12.8. The third-order valence-corrected chi connectivity index (χ3v) is 4.17. The molecule has 1 aliphatic rings. The van der Waals surface area contributed by atoms with Crippen LogP contribution in [0.5, 0.6) is 0 Å². The standard InChI is InChI=1S/C16H19F3N2O2/c1-2-5-13-11(10-22)6-4-9-21(13)15(23)14-12(16(17,18)19)7-3-8-20-14/h3,7-8,10-11,13H,2,4-6,9H2,1H3/t11-,13+/m0/s1. The molecule has 0 aromatic carbocycles. The Labute approximate surface area is 132 Å². The molecule has 1 amide bonds. The van der Waals surface area contributed by atoms with Gasteiger partial charge in [0.15, 0.2) is 0 Å². The molecule has 2 atom stereocenters. The molecule has 1 aromatic heterocycles. The van der Waals surface area contributed by atoms with Crippen LogP contribution in [0.2, 0.25) is 0 Å². The first kappa shape index (κ1) is 17.4. The first-order chi connectivity index (χ1) is 10.9. The van der Waals surface area contributed by atoms with Gasteiger partial charge >= 0.3 is 6.18 Å². The normalized spacial score (nSPS) is 22.0. The van der Waals surface area contributed by atoms with Gasteiger partial charge in [0.2, 0.25) is 0 Å². The van der Waals surface area contributed by atoms with Gasteiger partial charge < -0.3 is 9.69 Å². The summed E-state index contributed by atoms with van der Waals surface area (Å²) >= 11 is 0. The van der Waals surface area contributed by atoms with Crippen molar-refractivity contribution in [2.45, 2.75) is 44.8 Å². The zero-order valence-corrected chi connectivity index (χ0v) is 12.8. The van der Waals surface area contributed by atoms with Crippen LogP contribution in [-0.4, -0.2) is 34.7 Å². The fraction of sp³-hybridized carbons (Fsp3) is 0.562. The van der Waals surface area contributed by atoms with Crippen LogP contribution < -0.4 is 0 Å². The third kappa shape index (κ3) is 3.71. The number of nitrogens with zero attached hydrogens (tertiary/aromatic N) is 2. The van der Waals surface area contributed by atoms with Gasteiger partial charge in [-0.2, -0.15) is 13.2 Å². The molecule has 7 heteroatoms. The van der Waals surface area contributed by atoms with Gasteiger partial charge in [0.1, 0.15) is 12.0 Å². The Morgan fingerprint density at radius 2 is 2.22 bits per heavy atom. The number of hydrogen-bond donors (Lipinski definition) is 0. The molecule has 1 aromatic rings. The van der Waals surface area contributed by atoms with Crippen molar-refractivity contribution in [2.75, 3.05) is 6.54 Å². The van der Waals surface area contributed by atoms with Crippen molar-refractivity contribution < 1.29 is 22.8 Å². The van der Waals surface area contributed by atoms with E-state index in [1.807, 2.05) is 6.92 Å². The van der Waals surface area contributed by atoms with Crippen LogP contribution >= 0.6 is 0 Å². The van der Waals surface area contributed by atoms with Gasteiger partial charge in [-0.1, -0.05) is 13.3 Å².